The number of aromatic hydroxyl groups is 1. The predicted molar refractivity (Wildman–Crippen MR) is 149 cm³/mol. The maximum atomic E-state index is 12.5. The van der Waals surface area contributed by atoms with Gasteiger partial charge in [-0.05, 0) is 95.3 Å². The molecule has 0 aromatic heterocycles. The van der Waals surface area contributed by atoms with E-state index in [1.807, 2.05) is 6.07 Å². The van der Waals surface area contributed by atoms with E-state index in [2.05, 4.69) is 59.5 Å². The molecule has 5 heteroatoms. The van der Waals surface area contributed by atoms with Gasteiger partial charge in [0.05, 0.1) is 19.9 Å². The number of phenols is 1. The van der Waals surface area contributed by atoms with E-state index in [4.69, 9.17) is 9.47 Å². The molecule has 4 nitrogen and oxygen atoms in total. The average Bonchev–Trinajstić information content (AvgIpc) is 3.26. The molecule has 198 valence electrons. The molecule has 1 aliphatic carbocycles. The minimum Gasteiger partial charge on any atom is -0.508 e. The summed E-state index contributed by atoms with van der Waals surface area (Å²) in [6, 6.07) is 23.3. The number of benzene rings is 3. The van der Waals surface area contributed by atoms with Gasteiger partial charge in [-0.2, -0.15) is 0 Å². The van der Waals surface area contributed by atoms with Crippen LogP contribution in [0, 0.1) is 0 Å². The number of alkyl halides is 1. The Morgan fingerprint density at radius 2 is 1.74 bits per heavy atom. The lowest BCUT2D eigenvalue weighted by atomic mass is 9.87. The molecule has 2 fully saturated rings. The fourth-order valence-electron chi connectivity index (χ4n) is 6.05. The number of aryl methyl sites for hydroxylation is 1. The monoisotopic (exact) mass is 513 g/mol. The average molecular weight is 514 g/mol. The van der Waals surface area contributed by atoms with Crippen molar-refractivity contribution in [2.24, 2.45) is 0 Å². The van der Waals surface area contributed by atoms with Crippen molar-refractivity contribution in [1.82, 2.24) is 4.90 Å². The molecule has 38 heavy (non-hydrogen) atoms. The van der Waals surface area contributed by atoms with Crippen LogP contribution in [0.5, 0.6) is 11.5 Å². The third-order valence-corrected chi connectivity index (χ3v) is 8.18. The molecule has 0 unspecified atom stereocenters. The minimum absolute atomic E-state index is 0.149. The van der Waals surface area contributed by atoms with E-state index in [1.54, 1.807) is 6.07 Å². The third-order valence-electron chi connectivity index (χ3n) is 8.18. The van der Waals surface area contributed by atoms with Gasteiger partial charge in [0.25, 0.3) is 0 Å². The standard InChI is InChI=1S/C33H36FNO3/c34-16-2-17-35-18-15-30(20-35)38-29-12-9-25(10-13-29)33-31(4-1-3-26-19-28(36)11-14-32(26)33)24-7-5-23(6-8-24)27-21-37-22-27/h5-14,19,27,30,36H,1-4,15-18,20-22H2/t30-/m0/s1. The van der Waals surface area contributed by atoms with E-state index in [0.29, 0.717) is 18.1 Å². The molecule has 3 aliphatic rings. The number of phenolic OH excluding ortho intramolecular Hbond substituents is 1. The van der Waals surface area contributed by atoms with Crippen molar-refractivity contribution in [3.8, 4) is 11.5 Å². The van der Waals surface area contributed by atoms with Crippen molar-refractivity contribution in [2.75, 3.05) is 39.5 Å². The molecule has 0 bridgehead atoms. The van der Waals surface area contributed by atoms with E-state index in [1.165, 1.54) is 33.4 Å². The van der Waals surface area contributed by atoms with Crippen LogP contribution in [-0.2, 0) is 11.2 Å². The van der Waals surface area contributed by atoms with Crippen LogP contribution in [0.15, 0.2) is 66.7 Å². The van der Waals surface area contributed by atoms with Crippen LogP contribution in [-0.4, -0.2) is 55.6 Å². The Labute approximate surface area is 224 Å². The zero-order chi connectivity index (χ0) is 25.9. The minimum atomic E-state index is -0.260. The van der Waals surface area contributed by atoms with Crippen molar-refractivity contribution in [3.05, 3.63) is 94.5 Å². The van der Waals surface area contributed by atoms with Crippen molar-refractivity contribution >= 4 is 11.1 Å². The SMILES string of the molecule is Oc1ccc2c(c1)CCCC(c1ccc(C3COC3)cc1)=C2c1ccc(O[C@H]2CCN(CCCF)C2)cc1. The van der Waals surface area contributed by atoms with Gasteiger partial charge in [-0.1, -0.05) is 42.5 Å². The van der Waals surface area contributed by atoms with E-state index in [-0.39, 0.29) is 12.8 Å². The highest BCUT2D eigenvalue weighted by Gasteiger charge is 2.25. The number of hydrogen-bond donors (Lipinski definition) is 1. The maximum absolute atomic E-state index is 12.5. The summed E-state index contributed by atoms with van der Waals surface area (Å²) >= 11 is 0. The maximum Gasteiger partial charge on any atom is 0.119 e. The number of rotatable bonds is 8. The van der Waals surface area contributed by atoms with Crippen LogP contribution in [0.4, 0.5) is 4.39 Å². The Kier molecular flexibility index (Phi) is 7.48. The molecule has 3 aromatic carbocycles. The van der Waals surface area contributed by atoms with Crippen LogP contribution >= 0.6 is 0 Å². The van der Waals surface area contributed by atoms with Crippen LogP contribution in [0.25, 0.3) is 11.1 Å². The molecule has 6 rings (SSSR count). The van der Waals surface area contributed by atoms with Crippen LogP contribution in [0.1, 0.15) is 59.4 Å². The van der Waals surface area contributed by atoms with Gasteiger partial charge in [0.1, 0.15) is 17.6 Å². The van der Waals surface area contributed by atoms with Crippen molar-refractivity contribution < 1.29 is 19.0 Å². The summed E-state index contributed by atoms with van der Waals surface area (Å²) in [5.74, 6) is 1.71. The normalized spacial score (nSPS) is 20.2. The number of ether oxygens (including phenoxy) is 2. The molecule has 1 N–H and O–H groups in total. The van der Waals surface area contributed by atoms with Crippen LogP contribution in [0.2, 0.25) is 0 Å². The Morgan fingerprint density at radius 3 is 2.47 bits per heavy atom. The summed E-state index contributed by atoms with van der Waals surface area (Å²) in [6.45, 7) is 4.00. The second-order valence-electron chi connectivity index (χ2n) is 10.8. The van der Waals surface area contributed by atoms with E-state index in [9.17, 15) is 9.50 Å². The van der Waals surface area contributed by atoms with E-state index < -0.39 is 0 Å². The number of fused-ring (bicyclic) bond motifs is 1. The first kappa shape index (κ1) is 25.1. The first-order valence-electron chi connectivity index (χ1n) is 14.0. The van der Waals surface area contributed by atoms with E-state index in [0.717, 1.165) is 69.8 Å². The van der Waals surface area contributed by atoms with Crippen molar-refractivity contribution in [2.45, 2.75) is 44.1 Å². The first-order chi connectivity index (χ1) is 18.7. The molecule has 0 radical (unpaired) electrons. The zero-order valence-corrected chi connectivity index (χ0v) is 21.9. The molecule has 1 atom stereocenters. The number of allylic oxidation sites excluding steroid dienone is 1. The number of likely N-dealkylation sites (tertiary alicyclic amines) is 1. The Balaban J connectivity index is 1.30. The summed E-state index contributed by atoms with van der Waals surface area (Å²) in [5.41, 5.74) is 8.73. The van der Waals surface area contributed by atoms with Crippen LogP contribution < -0.4 is 4.74 Å². The highest BCUT2D eigenvalue weighted by Crippen LogP contribution is 2.41. The summed E-state index contributed by atoms with van der Waals surface area (Å²) in [5, 5.41) is 10.2. The lowest BCUT2D eigenvalue weighted by Gasteiger charge is -2.26. The molecule has 0 amide bonds. The van der Waals surface area contributed by atoms with Gasteiger partial charge < -0.3 is 14.6 Å². The largest absolute Gasteiger partial charge is 0.508 e. The second-order valence-corrected chi connectivity index (χ2v) is 10.8. The fourth-order valence-corrected chi connectivity index (χ4v) is 6.05. The van der Waals surface area contributed by atoms with Crippen molar-refractivity contribution in [3.63, 3.8) is 0 Å². The topological polar surface area (TPSA) is 41.9 Å². The summed E-state index contributed by atoms with van der Waals surface area (Å²) < 4.78 is 24.2. The van der Waals surface area contributed by atoms with Gasteiger partial charge in [-0.3, -0.25) is 9.29 Å². The quantitative estimate of drug-likeness (QED) is 0.368. The number of hydrogen-bond acceptors (Lipinski definition) is 4. The molecule has 0 spiro atoms. The second kappa shape index (κ2) is 11.3. The van der Waals surface area contributed by atoms with E-state index >= 15 is 0 Å². The highest BCUT2D eigenvalue weighted by molar-refractivity contribution is 6.00. The molecule has 0 saturated carbocycles. The molecule has 3 aromatic rings. The lowest BCUT2D eigenvalue weighted by molar-refractivity contribution is 0.00842. The lowest BCUT2D eigenvalue weighted by Crippen LogP contribution is -2.26. The molecule has 2 saturated heterocycles. The number of halogens is 1. The van der Waals surface area contributed by atoms with Gasteiger partial charge in [-0.25, -0.2) is 0 Å². The molecule has 2 aliphatic heterocycles. The third kappa shape index (κ3) is 5.36. The zero-order valence-electron chi connectivity index (χ0n) is 21.9. The first-order valence-corrected chi connectivity index (χ1v) is 14.0. The van der Waals surface area contributed by atoms with Crippen LogP contribution in [0.3, 0.4) is 0 Å². The summed E-state index contributed by atoms with van der Waals surface area (Å²) in [4.78, 5) is 2.29. The van der Waals surface area contributed by atoms with Gasteiger partial charge in [0.15, 0.2) is 0 Å². The fraction of sp³-hybridized carbons (Fsp3) is 0.394. The summed E-state index contributed by atoms with van der Waals surface area (Å²) in [7, 11) is 0. The van der Waals surface area contributed by atoms with Gasteiger partial charge >= 0.3 is 0 Å². The molecule has 2 heterocycles. The Bertz CT molecular complexity index is 1280. The smallest absolute Gasteiger partial charge is 0.119 e. The summed E-state index contributed by atoms with van der Waals surface area (Å²) in [6.07, 6.45) is 4.67. The number of nitrogens with zero attached hydrogens (tertiary/aromatic N) is 1. The molecular weight excluding hydrogens is 477 g/mol. The Morgan fingerprint density at radius 1 is 0.947 bits per heavy atom. The predicted octanol–water partition coefficient (Wildman–Crippen LogP) is 6.61. The highest BCUT2D eigenvalue weighted by atomic mass is 19.1. The van der Waals surface area contributed by atoms with Gasteiger partial charge in [0, 0.05) is 25.6 Å². The van der Waals surface area contributed by atoms with Crippen molar-refractivity contribution in [1.29, 1.82) is 0 Å². The van der Waals surface area contributed by atoms with Gasteiger partial charge in [0.2, 0.25) is 0 Å². The Hall–Kier alpha value is -3.15. The molecular formula is C33H36FNO3. The van der Waals surface area contributed by atoms with Gasteiger partial charge in [-0.15, -0.1) is 0 Å².